The van der Waals surface area contributed by atoms with Gasteiger partial charge in [-0.1, -0.05) is 36.4 Å². The van der Waals surface area contributed by atoms with Crippen molar-refractivity contribution in [3.05, 3.63) is 65.5 Å². The van der Waals surface area contributed by atoms with Gasteiger partial charge in [-0.05, 0) is 42.6 Å². The van der Waals surface area contributed by atoms with Crippen molar-refractivity contribution in [3.63, 3.8) is 0 Å². The molecule has 0 fully saturated rings. The Kier molecular flexibility index (Phi) is 3.70. The van der Waals surface area contributed by atoms with Crippen LogP contribution in [0.4, 0.5) is 10.1 Å². The van der Waals surface area contributed by atoms with E-state index < -0.39 is 0 Å². The first-order valence-electron chi connectivity index (χ1n) is 7.09. The topological polar surface area (TPSA) is 29.3 Å². The highest BCUT2D eigenvalue weighted by atomic mass is 19.1. The maximum atomic E-state index is 13.5. The van der Waals surface area contributed by atoms with Gasteiger partial charge in [0.2, 0.25) is 0 Å². The summed E-state index contributed by atoms with van der Waals surface area (Å²) in [5.74, 6) is -0.171. The summed E-state index contributed by atoms with van der Waals surface area (Å²) >= 11 is 0. The maximum Gasteiger partial charge on any atom is 0.125 e. The van der Waals surface area contributed by atoms with E-state index in [9.17, 15) is 4.39 Å². The van der Waals surface area contributed by atoms with E-state index >= 15 is 0 Å². The molecule has 104 valence electrons. The van der Waals surface area contributed by atoms with Crippen molar-refractivity contribution >= 4 is 5.69 Å². The number of hydrogen-bond donors (Lipinski definition) is 1. The molecule has 0 spiro atoms. The summed E-state index contributed by atoms with van der Waals surface area (Å²) in [4.78, 5) is 2.29. The van der Waals surface area contributed by atoms with Gasteiger partial charge in [-0.2, -0.15) is 0 Å². The molecule has 0 radical (unpaired) electrons. The summed E-state index contributed by atoms with van der Waals surface area (Å²) in [6.07, 6.45) is 1.85. The summed E-state index contributed by atoms with van der Waals surface area (Å²) in [5.41, 5.74) is 9.28. The smallest absolute Gasteiger partial charge is 0.125 e. The van der Waals surface area contributed by atoms with E-state index in [1.54, 1.807) is 12.1 Å². The number of halogens is 1. The lowest BCUT2D eigenvalue weighted by molar-refractivity contribution is 0.593. The minimum absolute atomic E-state index is 0.171. The molecule has 2 aromatic carbocycles. The molecule has 2 aromatic rings. The molecule has 0 saturated carbocycles. The molecule has 0 bridgehead atoms. The Labute approximate surface area is 119 Å². The van der Waals surface area contributed by atoms with Crippen molar-refractivity contribution in [3.8, 4) is 0 Å². The van der Waals surface area contributed by atoms with Crippen LogP contribution in [-0.2, 0) is 6.42 Å². The summed E-state index contributed by atoms with van der Waals surface area (Å²) in [6.45, 7) is 1.55. The van der Waals surface area contributed by atoms with Crippen molar-refractivity contribution < 1.29 is 4.39 Å². The van der Waals surface area contributed by atoms with Gasteiger partial charge >= 0.3 is 0 Å². The van der Waals surface area contributed by atoms with Gasteiger partial charge in [0, 0.05) is 12.2 Å². The average Bonchev–Trinajstić information content (AvgIpc) is 2.88. The van der Waals surface area contributed by atoms with E-state index in [4.69, 9.17) is 5.73 Å². The molecular weight excluding hydrogens is 251 g/mol. The van der Waals surface area contributed by atoms with Crippen LogP contribution in [0.1, 0.15) is 23.6 Å². The van der Waals surface area contributed by atoms with Crippen LogP contribution < -0.4 is 10.6 Å². The lowest BCUT2D eigenvalue weighted by atomic mass is 10.0. The van der Waals surface area contributed by atoms with Crippen LogP contribution in [0.25, 0.3) is 0 Å². The molecular formula is C17H19FN2. The Morgan fingerprint density at radius 2 is 1.95 bits per heavy atom. The predicted molar refractivity (Wildman–Crippen MR) is 80.3 cm³/mol. The molecule has 3 heteroatoms. The van der Waals surface area contributed by atoms with Crippen LogP contribution in [0.5, 0.6) is 0 Å². The summed E-state index contributed by atoms with van der Waals surface area (Å²) in [5, 5.41) is 0. The molecule has 0 aliphatic carbocycles. The van der Waals surface area contributed by atoms with Gasteiger partial charge in [0.25, 0.3) is 0 Å². The van der Waals surface area contributed by atoms with Crippen LogP contribution in [0, 0.1) is 5.82 Å². The van der Waals surface area contributed by atoms with Crippen LogP contribution in [-0.4, -0.2) is 13.1 Å². The molecule has 1 aliphatic heterocycles. The van der Waals surface area contributed by atoms with Crippen molar-refractivity contribution in [2.75, 3.05) is 18.0 Å². The third-order valence-electron chi connectivity index (χ3n) is 3.98. The number of nitrogens with zero attached hydrogens (tertiary/aromatic N) is 1. The molecule has 2 nitrogen and oxygen atoms in total. The highest BCUT2D eigenvalue weighted by molar-refractivity contribution is 5.59. The summed E-state index contributed by atoms with van der Waals surface area (Å²) in [6, 6.07) is 15.7. The molecule has 1 atom stereocenters. The first-order chi connectivity index (χ1) is 9.79. The lowest BCUT2D eigenvalue weighted by Gasteiger charge is -2.30. The molecule has 1 heterocycles. The van der Waals surface area contributed by atoms with E-state index in [1.807, 2.05) is 24.3 Å². The van der Waals surface area contributed by atoms with Gasteiger partial charge < -0.3 is 10.6 Å². The van der Waals surface area contributed by atoms with Crippen molar-refractivity contribution in [2.45, 2.75) is 18.9 Å². The van der Waals surface area contributed by atoms with Gasteiger partial charge in [-0.25, -0.2) is 4.39 Å². The third-order valence-corrected chi connectivity index (χ3v) is 3.98. The predicted octanol–water partition coefficient (Wildman–Crippen LogP) is 3.28. The number of hydrogen-bond acceptors (Lipinski definition) is 2. The normalized spacial score (nSPS) is 15.2. The Morgan fingerprint density at radius 3 is 2.70 bits per heavy atom. The SMILES string of the molecule is NCCC(c1ccccc1)N1CCc2ccc(F)cc21. The molecule has 0 saturated heterocycles. The average molecular weight is 270 g/mol. The highest BCUT2D eigenvalue weighted by Crippen LogP contribution is 2.36. The highest BCUT2D eigenvalue weighted by Gasteiger charge is 2.26. The molecule has 0 aromatic heterocycles. The number of anilines is 1. The largest absolute Gasteiger partial charge is 0.364 e. The second-order valence-corrected chi connectivity index (χ2v) is 5.22. The second-order valence-electron chi connectivity index (χ2n) is 5.22. The summed E-state index contributed by atoms with van der Waals surface area (Å²) in [7, 11) is 0. The molecule has 2 N–H and O–H groups in total. The zero-order valence-corrected chi connectivity index (χ0v) is 11.4. The Bertz CT molecular complexity index is 583. The minimum atomic E-state index is -0.171. The van der Waals surface area contributed by atoms with E-state index in [0.717, 1.165) is 25.1 Å². The molecule has 20 heavy (non-hydrogen) atoms. The van der Waals surface area contributed by atoms with E-state index in [0.29, 0.717) is 6.54 Å². The first kappa shape index (κ1) is 13.1. The van der Waals surface area contributed by atoms with E-state index in [2.05, 4.69) is 17.0 Å². The number of fused-ring (bicyclic) bond motifs is 1. The Hall–Kier alpha value is -1.87. The standard InChI is InChI=1S/C17H19FN2/c18-15-7-6-14-9-11-20(17(14)12-15)16(8-10-19)13-4-2-1-3-5-13/h1-7,12,16H,8-11,19H2. The number of benzene rings is 2. The number of rotatable bonds is 4. The van der Waals surface area contributed by atoms with Gasteiger partial charge in [0.15, 0.2) is 0 Å². The minimum Gasteiger partial charge on any atom is -0.364 e. The van der Waals surface area contributed by atoms with E-state index in [1.165, 1.54) is 11.1 Å². The fourth-order valence-corrected chi connectivity index (χ4v) is 3.04. The first-order valence-corrected chi connectivity index (χ1v) is 7.09. The van der Waals surface area contributed by atoms with Crippen LogP contribution in [0.15, 0.2) is 48.5 Å². The summed E-state index contributed by atoms with van der Waals surface area (Å²) < 4.78 is 13.5. The molecule has 3 rings (SSSR count). The third kappa shape index (κ3) is 2.41. The molecule has 0 amide bonds. The van der Waals surface area contributed by atoms with E-state index in [-0.39, 0.29) is 11.9 Å². The zero-order chi connectivity index (χ0) is 13.9. The van der Waals surface area contributed by atoms with Crippen LogP contribution in [0.3, 0.4) is 0 Å². The van der Waals surface area contributed by atoms with Crippen molar-refractivity contribution in [1.82, 2.24) is 0 Å². The molecule has 1 unspecified atom stereocenters. The molecule has 1 aliphatic rings. The van der Waals surface area contributed by atoms with Crippen LogP contribution >= 0.6 is 0 Å². The van der Waals surface area contributed by atoms with Crippen molar-refractivity contribution in [2.24, 2.45) is 5.73 Å². The lowest BCUT2D eigenvalue weighted by Crippen LogP contribution is -2.28. The van der Waals surface area contributed by atoms with Gasteiger partial charge in [0.1, 0.15) is 5.82 Å². The fraction of sp³-hybridized carbons (Fsp3) is 0.294. The fourth-order valence-electron chi connectivity index (χ4n) is 3.04. The Morgan fingerprint density at radius 1 is 1.15 bits per heavy atom. The van der Waals surface area contributed by atoms with Crippen molar-refractivity contribution in [1.29, 1.82) is 0 Å². The van der Waals surface area contributed by atoms with Gasteiger partial charge in [-0.3, -0.25) is 0 Å². The quantitative estimate of drug-likeness (QED) is 0.924. The Balaban J connectivity index is 1.97. The monoisotopic (exact) mass is 270 g/mol. The maximum absolute atomic E-state index is 13.5. The number of nitrogens with two attached hydrogens (primary N) is 1. The zero-order valence-electron chi connectivity index (χ0n) is 11.4. The second kappa shape index (κ2) is 5.63. The van der Waals surface area contributed by atoms with Gasteiger partial charge in [-0.15, -0.1) is 0 Å². The van der Waals surface area contributed by atoms with Gasteiger partial charge in [0.05, 0.1) is 6.04 Å². The van der Waals surface area contributed by atoms with Crippen LogP contribution in [0.2, 0.25) is 0 Å².